The summed E-state index contributed by atoms with van der Waals surface area (Å²) >= 11 is 7.28. The number of aliphatic carboxylic acids is 1. The van der Waals surface area contributed by atoms with Crippen molar-refractivity contribution in [1.29, 1.82) is 0 Å². The number of rotatable bonds is 9. The molecule has 2 rings (SSSR count). The second kappa shape index (κ2) is 9.80. The zero-order valence-corrected chi connectivity index (χ0v) is 16.2. The van der Waals surface area contributed by atoms with Crippen molar-refractivity contribution >= 4 is 29.3 Å². The summed E-state index contributed by atoms with van der Waals surface area (Å²) in [4.78, 5) is 14.4. The molecular weight excluding hydrogens is 377 g/mol. The van der Waals surface area contributed by atoms with Crippen LogP contribution in [0.2, 0.25) is 5.02 Å². The van der Waals surface area contributed by atoms with E-state index in [0.717, 1.165) is 9.79 Å². The minimum atomic E-state index is -0.858. The van der Waals surface area contributed by atoms with E-state index in [2.05, 4.69) is 0 Å². The third-order valence-electron chi connectivity index (χ3n) is 3.62. The summed E-state index contributed by atoms with van der Waals surface area (Å²) in [6.45, 7) is 4.93. The van der Waals surface area contributed by atoms with Crippen LogP contribution in [0.25, 0.3) is 0 Å². The smallest absolute Gasteiger partial charge is 0.317 e. The zero-order valence-electron chi connectivity index (χ0n) is 14.6. The van der Waals surface area contributed by atoms with Crippen LogP contribution in [0.3, 0.4) is 0 Å². The first-order valence-corrected chi connectivity index (χ1v) is 9.41. The van der Waals surface area contributed by atoms with E-state index in [1.807, 2.05) is 43.0 Å². The van der Waals surface area contributed by atoms with Crippen LogP contribution in [0.5, 0.6) is 5.75 Å². The second-order valence-electron chi connectivity index (χ2n) is 5.77. The van der Waals surface area contributed by atoms with E-state index in [4.69, 9.17) is 21.4 Å². The number of carboxylic acids is 1. The predicted octanol–water partition coefficient (Wildman–Crippen LogP) is 4.80. The molecule has 2 aromatic carbocycles. The summed E-state index contributed by atoms with van der Waals surface area (Å²) in [6.07, 6.45) is -0.187. The van der Waals surface area contributed by atoms with Crippen LogP contribution in [0, 0.1) is 5.82 Å². The van der Waals surface area contributed by atoms with Gasteiger partial charge < -0.3 is 9.84 Å². The van der Waals surface area contributed by atoms with Gasteiger partial charge in [0, 0.05) is 11.4 Å². The van der Waals surface area contributed by atoms with Crippen molar-refractivity contribution in [2.75, 3.05) is 19.6 Å². The minimum absolute atomic E-state index is 0.0192. The van der Waals surface area contributed by atoms with Crippen LogP contribution in [0.15, 0.2) is 52.3 Å². The van der Waals surface area contributed by atoms with E-state index in [-0.39, 0.29) is 17.7 Å². The molecule has 0 aliphatic heterocycles. The summed E-state index contributed by atoms with van der Waals surface area (Å²) in [6, 6.07) is 12.1. The topological polar surface area (TPSA) is 49.8 Å². The molecule has 0 aliphatic carbocycles. The van der Waals surface area contributed by atoms with Crippen LogP contribution in [0.4, 0.5) is 4.39 Å². The Kier molecular flexibility index (Phi) is 7.75. The number of carbonyl (C=O) groups is 1. The maximum atomic E-state index is 13.3. The van der Waals surface area contributed by atoms with Gasteiger partial charge in [-0.25, -0.2) is 4.39 Å². The van der Waals surface area contributed by atoms with Crippen LogP contribution in [-0.2, 0) is 4.79 Å². The van der Waals surface area contributed by atoms with E-state index >= 15 is 0 Å². The van der Waals surface area contributed by atoms with Crippen molar-refractivity contribution in [1.82, 2.24) is 4.90 Å². The van der Waals surface area contributed by atoms with Crippen LogP contribution < -0.4 is 4.74 Å². The lowest BCUT2D eigenvalue weighted by Crippen LogP contribution is -2.37. The first-order chi connectivity index (χ1) is 12.4. The largest absolute Gasteiger partial charge is 0.488 e. The summed E-state index contributed by atoms with van der Waals surface area (Å²) in [7, 11) is 0. The number of benzene rings is 2. The van der Waals surface area contributed by atoms with Crippen molar-refractivity contribution in [3.05, 3.63) is 53.3 Å². The van der Waals surface area contributed by atoms with E-state index < -0.39 is 11.8 Å². The van der Waals surface area contributed by atoms with Crippen molar-refractivity contribution < 1.29 is 19.0 Å². The van der Waals surface area contributed by atoms with Crippen molar-refractivity contribution in [2.45, 2.75) is 29.7 Å². The van der Waals surface area contributed by atoms with Crippen LogP contribution in [0.1, 0.15) is 13.8 Å². The molecule has 0 fully saturated rings. The van der Waals surface area contributed by atoms with Crippen LogP contribution >= 0.6 is 23.4 Å². The Labute approximate surface area is 161 Å². The number of ether oxygens (including phenoxy) is 1. The van der Waals surface area contributed by atoms with E-state index in [9.17, 15) is 9.18 Å². The van der Waals surface area contributed by atoms with Gasteiger partial charge in [0.15, 0.2) is 0 Å². The minimum Gasteiger partial charge on any atom is -0.488 e. The van der Waals surface area contributed by atoms with Crippen LogP contribution in [-0.4, -0.2) is 41.7 Å². The summed E-state index contributed by atoms with van der Waals surface area (Å²) in [5.41, 5.74) is 0. The molecule has 26 heavy (non-hydrogen) atoms. The Morgan fingerprint density at radius 3 is 2.73 bits per heavy atom. The molecule has 0 saturated carbocycles. The number of hydrogen-bond acceptors (Lipinski definition) is 4. The molecule has 0 bridgehead atoms. The number of likely N-dealkylation sites (N-methyl/N-ethyl adjacent to an activating group) is 1. The highest BCUT2D eigenvalue weighted by Gasteiger charge is 2.15. The number of hydrogen-bond donors (Lipinski definition) is 1. The van der Waals surface area contributed by atoms with Gasteiger partial charge in [0.05, 0.1) is 16.5 Å². The maximum Gasteiger partial charge on any atom is 0.317 e. The average Bonchev–Trinajstić information content (AvgIpc) is 2.59. The lowest BCUT2D eigenvalue weighted by molar-refractivity contribution is -0.138. The zero-order chi connectivity index (χ0) is 19.1. The molecule has 0 spiro atoms. The van der Waals surface area contributed by atoms with Gasteiger partial charge in [-0.1, -0.05) is 42.4 Å². The fourth-order valence-corrected chi connectivity index (χ4v) is 3.59. The molecule has 0 amide bonds. The molecule has 0 aromatic heterocycles. The Balaban J connectivity index is 2.08. The lowest BCUT2D eigenvalue weighted by Gasteiger charge is -2.24. The van der Waals surface area contributed by atoms with Gasteiger partial charge in [-0.15, -0.1) is 0 Å². The SMILES string of the molecule is CCN(CC(=O)O)CC(C)Oc1ccccc1Sc1ccc(F)c(Cl)c1. The Bertz CT molecular complexity index is 759. The van der Waals surface area contributed by atoms with Gasteiger partial charge >= 0.3 is 5.97 Å². The van der Waals surface area contributed by atoms with E-state index in [1.54, 1.807) is 12.1 Å². The molecule has 0 radical (unpaired) electrons. The maximum absolute atomic E-state index is 13.3. The molecule has 2 aromatic rings. The highest BCUT2D eigenvalue weighted by molar-refractivity contribution is 7.99. The van der Waals surface area contributed by atoms with Gasteiger partial charge in [0.25, 0.3) is 0 Å². The fourth-order valence-electron chi connectivity index (χ4n) is 2.41. The standard InChI is InChI=1S/C19H21ClFNO3S/c1-3-22(12-19(23)24)11-13(2)25-17-6-4-5-7-18(17)26-14-8-9-16(21)15(20)10-14/h4-10,13H,3,11-12H2,1-2H3,(H,23,24). The number of halogens is 2. The highest BCUT2D eigenvalue weighted by atomic mass is 35.5. The number of carboxylic acid groups (broad SMARTS) is 1. The summed E-state index contributed by atoms with van der Waals surface area (Å²) < 4.78 is 19.3. The molecule has 1 N–H and O–H groups in total. The molecule has 0 aliphatic rings. The van der Waals surface area contributed by atoms with Gasteiger partial charge in [-0.3, -0.25) is 9.69 Å². The molecule has 1 unspecified atom stereocenters. The van der Waals surface area contributed by atoms with E-state index in [1.165, 1.54) is 17.8 Å². The summed E-state index contributed by atoms with van der Waals surface area (Å²) in [5, 5.41) is 9.02. The van der Waals surface area contributed by atoms with Gasteiger partial charge in [0.1, 0.15) is 17.7 Å². The molecular formula is C19H21ClFNO3S. The molecule has 1 atom stereocenters. The first-order valence-electron chi connectivity index (χ1n) is 8.21. The Hall–Kier alpha value is -1.76. The molecule has 4 nitrogen and oxygen atoms in total. The fraction of sp³-hybridized carbons (Fsp3) is 0.316. The quantitative estimate of drug-likeness (QED) is 0.658. The summed E-state index contributed by atoms with van der Waals surface area (Å²) in [5.74, 6) is -0.618. The second-order valence-corrected chi connectivity index (χ2v) is 7.30. The average molecular weight is 398 g/mol. The normalized spacial score (nSPS) is 12.2. The third kappa shape index (κ3) is 6.20. The Morgan fingerprint density at radius 1 is 1.35 bits per heavy atom. The Morgan fingerprint density at radius 2 is 2.08 bits per heavy atom. The molecule has 0 heterocycles. The number of nitrogens with zero attached hydrogens (tertiary/aromatic N) is 1. The lowest BCUT2D eigenvalue weighted by atomic mass is 10.3. The monoisotopic (exact) mass is 397 g/mol. The van der Waals surface area contributed by atoms with Gasteiger partial charge in [-0.2, -0.15) is 0 Å². The first kappa shape index (κ1) is 20.6. The van der Waals surface area contributed by atoms with Crippen molar-refractivity contribution in [3.63, 3.8) is 0 Å². The molecule has 0 saturated heterocycles. The van der Waals surface area contributed by atoms with Crippen molar-refractivity contribution in [3.8, 4) is 5.75 Å². The molecule has 7 heteroatoms. The third-order valence-corrected chi connectivity index (χ3v) is 4.95. The predicted molar refractivity (Wildman–Crippen MR) is 102 cm³/mol. The van der Waals surface area contributed by atoms with E-state index in [0.29, 0.717) is 18.8 Å². The number of para-hydroxylation sites is 1. The van der Waals surface area contributed by atoms with Crippen molar-refractivity contribution in [2.24, 2.45) is 0 Å². The highest BCUT2D eigenvalue weighted by Crippen LogP contribution is 2.36. The van der Waals surface area contributed by atoms with Gasteiger partial charge in [0.2, 0.25) is 0 Å². The molecule has 140 valence electrons. The van der Waals surface area contributed by atoms with Gasteiger partial charge in [-0.05, 0) is 43.8 Å².